The van der Waals surface area contributed by atoms with E-state index in [9.17, 15) is 9.90 Å². The molecule has 0 bridgehead atoms. The summed E-state index contributed by atoms with van der Waals surface area (Å²) in [4.78, 5) is 11.2. The Morgan fingerprint density at radius 2 is 1.95 bits per heavy atom. The number of anilines is 1. The number of nitrogens with zero attached hydrogens (tertiary/aromatic N) is 1. The molecular formula is C15H16N2O3. The minimum atomic E-state index is -1.07. The van der Waals surface area contributed by atoms with E-state index in [0.717, 1.165) is 19.3 Å². The zero-order valence-electron chi connectivity index (χ0n) is 11.0. The van der Waals surface area contributed by atoms with Crippen molar-refractivity contribution in [2.24, 2.45) is 0 Å². The van der Waals surface area contributed by atoms with Crippen LogP contribution in [0.15, 0.2) is 34.9 Å². The van der Waals surface area contributed by atoms with Gasteiger partial charge in [0.05, 0.1) is 0 Å². The second-order valence-corrected chi connectivity index (χ2v) is 5.23. The standard InChI is InChI=1S/C15H16N2O3/c16-14-12(15(18)19)13(17-20-14)11-7-6-10(8-11)9-4-2-1-3-5-9/h1-5,10-11H,6-8,16H2,(H,18,19). The number of hydrogen-bond donors (Lipinski definition) is 2. The van der Waals surface area contributed by atoms with Crippen LogP contribution in [0, 0.1) is 0 Å². The maximum Gasteiger partial charge on any atom is 0.343 e. The lowest BCUT2D eigenvalue weighted by Crippen LogP contribution is -2.06. The Kier molecular flexibility index (Phi) is 3.18. The topological polar surface area (TPSA) is 89.4 Å². The van der Waals surface area contributed by atoms with Crippen LogP contribution in [0.4, 0.5) is 5.88 Å². The lowest BCUT2D eigenvalue weighted by molar-refractivity contribution is 0.0696. The maximum atomic E-state index is 11.2. The molecule has 2 unspecified atom stereocenters. The van der Waals surface area contributed by atoms with Gasteiger partial charge < -0.3 is 15.4 Å². The molecule has 1 aromatic carbocycles. The van der Waals surface area contributed by atoms with Gasteiger partial charge in [0.1, 0.15) is 11.3 Å². The van der Waals surface area contributed by atoms with Crippen molar-refractivity contribution in [3.05, 3.63) is 47.2 Å². The average molecular weight is 272 g/mol. The third kappa shape index (κ3) is 2.15. The van der Waals surface area contributed by atoms with Gasteiger partial charge >= 0.3 is 5.97 Å². The fourth-order valence-corrected chi connectivity index (χ4v) is 3.07. The van der Waals surface area contributed by atoms with E-state index in [1.54, 1.807) is 0 Å². The minimum Gasteiger partial charge on any atom is -0.477 e. The van der Waals surface area contributed by atoms with Crippen molar-refractivity contribution < 1.29 is 14.4 Å². The molecule has 5 nitrogen and oxygen atoms in total. The van der Waals surface area contributed by atoms with Crippen LogP contribution in [0.5, 0.6) is 0 Å². The fourth-order valence-electron chi connectivity index (χ4n) is 3.07. The highest BCUT2D eigenvalue weighted by atomic mass is 16.5. The van der Waals surface area contributed by atoms with Gasteiger partial charge in [-0.05, 0) is 30.7 Å². The van der Waals surface area contributed by atoms with Gasteiger partial charge in [0.2, 0.25) is 5.88 Å². The van der Waals surface area contributed by atoms with E-state index < -0.39 is 5.97 Å². The van der Waals surface area contributed by atoms with E-state index in [4.69, 9.17) is 10.3 Å². The maximum absolute atomic E-state index is 11.2. The van der Waals surface area contributed by atoms with Crippen molar-refractivity contribution in [3.8, 4) is 0 Å². The summed E-state index contributed by atoms with van der Waals surface area (Å²) in [5, 5.41) is 13.1. The third-order valence-corrected chi connectivity index (χ3v) is 4.05. The van der Waals surface area contributed by atoms with Crippen molar-refractivity contribution in [1.82, 2.24) is 5.16 Å². The summed E-state index contributed by atoms with van der Waals surface area (Å²) in [6.45, 7) is 0. The average Bonchev–Trinajstić information content (AvgIpc) is 3.05. The van der Waals surface area contributed by atoms with Gasteiger partial charge in [-0.15, -0.1) is 0 Å². The monoisotopic (exact) mass is 272 g/mol. The Morgan fingerprint density at radius 3 is 2.65 bits per heavy atom. The van der Waals surface area contributed by atoms with E-state index in [2.05, 4.69) is 17.3 Å². The van der Waals surface area contributed by atoms with Crippen molar-refractivity contribution in [1.29, 1.82) is 0 Å². The minimum absolute atomic E-state index is 0.0312. The van der Waals surface area contributed by atoms with Gasteiger partial charge in [-0.25, -0.2) is 4.79 Å². The van der Waals surface area contributed by atoms with E-state index in [0.29, 0.717) is 11.6 Å². The number of carboxylic acids is 1. The summed E-state index contributed by atoms with van der Waals surface area (Å²) in [5.41, 5.74) is 7.37. The van der Waals surface area contributed by atoms with Crippen LogP contribution >= 0.6 is 0 Å². The number of nitrogens with two attached hydrogens (primary N) is 1. The molecule has 0 saturated heterocycles. The lowest BCUT2D eigenvalue weighted by Gasteiger charge is -2.10. The quantitative estimate of drug-likeness (QED) is 0.896. The third-order valence-electron chi connectivity index (χ3n) is 4.05. The first-order valence-electron chi connectivity index (χ1n) is 6.70. The molecule has 1 aromatic heterocycles. The first kappa shape index (κ1) is 12.7. The van der Waals surface area contributed by atoms with Gasteiger partial charge in [-0.1, -0.05) is 35.5 Å². The first-order chi connectivity index (χ1) is 9.66. The summed E-state index contributed by atoms with van der Waals surface area (Å²) in [6.07, 6.45) is 2.82. The molecule has 3 rings (SSSR count). The molecule has 2 aromatic rings. The number of benzene rings is 1. The van der Waals surface area contributed by atoms with Crippen LogP contribution in [0.25, 0.3) is 0 Å². The predicted octanol–water partition coefficient (Wildman–Crippen LogP) is 3.01. The molecule has 3 N–H and O–H groups in total. The molecule has 0 amide bonds. The van der Waals surface area contributed by atoms with Crippen LogP contribution in [0.3, 0.4) is 0 Å². The largest absolute Gasteiger partial charge is 0.477 e. The van der Waals surface area contributed by atoms with Crippen LogP contribution in [0.1, 0.15) is 52.7 Å². The highest BCUT2D eigenvalue weighted by molar-refractivity contribution is 5.93. The fraction of sp³-hybridized carbons (Fsp3) is 0.333. The van der Waals surface area contributed by atoms with Crippen molar-refractivity contribution in [3.63, 3.8) is 0 Å². The summed E-state index contributed by atoms with van der Waals surface area (Å²) >= 11 is 0. The molecule has 0 aliphatic heterocycles. The zero-order valence-corrected chi connectivity index (χ0v) is 11.0. The molecule has 1 aliphatic rings. The van der Waals surface area contributed by atoms with Gasteiger partial charge in [-0.3, -0.25) is 0 Å². The smallest absolute Gasteiger partial charge is 0.343 e. The molecule has 0 radical (unpaired) electrons. The Hall–Kier alpha value is -2.30. The lowest BCUT2D eigenvalue weighted by atomic mass is 9.94. The number of carboxylic acid groups (broad SMARTS) is 1. The number of carbonyl (C=O) groups is 1. The van der Waals surface area contributed by atoms with E-state index >= 15 is 0 Å². The van der Waals surface area contributed by atoms with Gasteiger partial charge in [0, 0.05) is 5.92 Å². The summed E-state index contributed by atoms with van der Waals surface area (Å²) in [7, 11) is 0. The Morgan fingerprint density at radius 1 is 1.25 bits per heavy atom. The highest BCUT2D eigenvalue weighted by Crippen LogP contribution is 2.44. The van der Waals surface area contributed by atoms with Crippen LogP contribution < -0.4 is 5.73 Å². The molecule has 1 fully saturated rings. The summed E-state index contributed by atoms with van der Waals surface area (Å²) < 4.78 is 4.86. The number of aromatic nitrogens is 1. The number of nitrogen functional groups attached to an aromatic ring is 1. The van der Waals surface area contributed by atoms with E-state index in [-0.39, 0.29) is 17.4 Å². The van der Waals surface area contributed by atoms with Crippen molar-refractivity contribution in [2.75, 3.05) is 5.73 Å². The summed E-state index contributed by atoms with van der Waals surface area (Å²) in [6, 6.07) is 10.3. The van der Waals surface area contributed by atoms with Gasteiger partial charge in [0.25, 0.3) is 0 Å². The first-order valence-corrected chi connectivity index (χ1v) is 6.70. The second-order valence-electron chi connectivity index (χ2n) is 5.23. The molecular weight excluding hydrogens is 256 g/mol. The molecule has 1 heterocycles. The molecule has 1 saturated carbocycles. The molecule has 1 aliphatic carbocycles. The van der Waals surface area contributed by atoms with E-state index in [1.807, 2.05) is 18.2 Å². The second kappa shape index (κ2) is 5.00. The Bertz CT molecular complexity index is 621. The SMILES string of the molecule is Nc1onc(C2CCC(c3ccccc3)C2)c1C(=O)O. The van der Waals surface area contributed by atoms with E-state index in [1.165, 1.54) is 5.56 Å². The van der Waals surface area contributed by atoms with Crippen molar-refractivity contribution in [2.45, 2.75) is 31.1 Å². The Labute approximate surface area is 116 Å². The van der Waals surface area contributed by atoms with Crippen LogP contribution in [-0.2, 0) is 0 Å². The van der Waals surface area contributed by atoms with Gasteiger partial charge in [-0.2, -0.15) is 0 Å². The normalized spacial score (nSPS) is 22.0. The molecule has 5 heteroatoms. The predicted molar refractivity (Wildman–Crippen MR) is 73.6 cm³/mol. The number of rotatable bonds is 3. The molecule has 2 atom stereocenters. The Balaban J connectivity index is 1.83. The van der Waals surface area contributed by atoms with Crippen LogP contribution in [0.2, 0.25) is 0 Å². The van der Waals surface area contributed by atoms with Crippen molar-refractivity contribution >= 4 is 11.9 Å². The summed E-state index contributed by atoms with van der Waals surface area (Å²) in [5.74, 6) is -0.620. The highest BCUT2D eigenvalue weighted by Gasteiger charge is 2.33. The zero-order chi connectivity index (χ0) is 14.1. The van der Waals surface area contributed by atoms with Crippen LogP contribution in [-0.4, -0.2) is 16.2 Å². The molecule has 104 valence electrons. The molecule has 0 spiro atoms. The van der Waals surface area contributed by atoms with Gasteiger partial charge in [0.15, 0.2) is 0 Å². The number of aromatic carboxylic acids is 1. The molecule has 20 heavy (non-hydrogen) atoms. The number of hydrogen-bond acceptors (Lipinski definition) is 4.